The number of nitrogens with zero attached hydrogens (tertiary/aromatic N) is 2. The molecule has 2 rings (SSSR count). The zero-order chi connectivity index (χ0) is 14.9. The van der Waals surface area contributed by atoms with Gasteiger partial charge in [0.05, 0.1) is 35.9 Å². The van der Waals surface area contributed by atoms with Crippen molar-refractivity contribution in [1.29, 1.82) is 0 Å². The first-order valence-electron chi connectivity index (χ1n) is 8.54. The van der Waals surface area contributed by atoms with Crippen LogP contribution in [0.25, 0.3) is 0 Å². The van der Waals surface area contributed by atoms with Crippen LogP contribution in [0.4, 0.5) is 0 Å². The predicted octanol–water partition coefficient (Wildman–Crippen LogP) is 0.0323. The van der Waals surface area contributed by atoms with E-state index in [0.717, 1.165) is 58.4 Å². The van der Waals surface area contributed by atoms with Crippen molar-refractivity contribution in [2.45, 2.75) is 31.7 Å². The van der Waals surface area contributed by atoms with Crippen molar-refractivity contribution in [3.63, 3.8) is 0 Å². The molecule has 0 aromatic rings. The smallest absolute Gasteiger partial charge is 0.0594 e. The molecule has 0 amide bonds. The Kier molecular flexibility index (Phi) is 8.20. The summed E-state index contributed by atoms with van der Waals surface area (Å²) in [6.45, 7) is 12.6. The number of rotatable bonds is 7. The molecule has 2 aliphatic rings. The lowest BCUT2D eigenvalue weighted by molar-refractivity contribution is -0.0391. The molecule has 0 aromatic heterocycles. The average Bonchev–Trinajstić information content (AvgIpc) is 2.52. The zero-order valence-corrected chi connectivity index (χ0v) is 16.7. The Labute approximate surface area is 134 Å². The first-order chi connectivity index (χ1) is 10.3. The number of ether oxygens (including phenoxy) is 2. The summed E-state index contributed by atoms with van der Waals surface area (Å²) < 4.78 is 11.1. The molecular weight excluding hydrogens is 296 g/mol. The van der Waals surface area contributed by atoms with Gasteiger partial charge in [-0.15, -0.1) is 5.70 Å². The Balaban J connectivity index is 1.80. The fraction of sp³-hybridized carbons (Fsp3) is 0.867. The predicted molar refractivity (Wildman–Crippen MR) is 94.7 cm³/mol. The zero-order valence-electron chi connectivity index (χ0n) is 13.9. The van der Waals surface area contributed by atoms with E-state index in [4.69, 9.17) is 9.47 Å². The molecular formula is C15H32N2O2Si2. The molecule has 21 heavy (non-hydrogen) atoms. The topological polar surface area (TPSA) is 24.9 Å². The minimum Gasteiger partial charge on any atom is -0.379 e. The van der Waals surface area contributed by atoms with Gasteiger partial charge in [-0.1, -0.05) is 17.7 Å². The van der Waals surface area contributed by atoms with Gasteiger partial charge in [-0.3, -0.25) is 9.80 Å². The van der Waals surface area contributed by atoms with Crippen LogP contribution >= 0.6 is 0 Å². The van der Waals surface area contributed by atoms with E-state index in [0.29, 0.717) is 0 Å². The minimum atomic E-state index is -0.0631. The van der Waals surface area contributed by atoms with Crippen molar-refractivity contribution in [3.05, 3.63) is 11.3 Å². The SMILES string of the molecule is CC(C)=C[SiH2]CC[SiH2]C(N1CCOCC1)N1CCOCC1. The third-order valence-electron chi connectivity index (χ3n) is 4.40. The molecule has 2 aliphatic heterocycles. The van der Waals surface area contributed by atoms with Gasteiger partial charge in [-0.25, -0.2) is 0 Å². The van der Waals surface area contributed by atoms with E-state index < -0.39 is 0 Å². The molecule has 0 aliphatic carbocycles. The average molecular weight is 329 g/mol. The van der Waals surface area contributed by atoms with Gasteiger partial charge in [0.15, 0.2) is 0 Å². The van der Waals surface area contributed by atoms with Crippen LogP contribution in [0.15, 0.2) is 11.3 Å². The largest absolute Gasteiger partial charge is 0.379 e. The fourth-order valence-corrected chi connectivity index (χ4v) is 8.13. The van der Waals surface area contributed by atoms with E-state index >= 15 is 0 Å². The molecule has 2 fully saturated rings. The maximum absolute atomic E-state index is 5.54. The Bertz CT molecular complexity index is 295. The van der Waals surface area contributed by atoms with Crippen LogP contribution < -0.4 is 0 Å². The lowest BCUT2D eigenvalue weighted by Crippen LogP contribution is -2.58. The third kappa shape index (κ3) is 6.34. The van der Waals surface area contributed by atoms with E-state index in [1.165, 1.54) is 17.7 Å². The second-order valence-corrected chi connectivity index (χ2v) is 10.1. The molecule has 6 heteroatoms. The summed E-state index contributed by atoms with van der Waals surface area (Å²) >= 11 is 0. The van der Waals surface area contributed by atoms with Crippen LogP contribution in [0.5, 0.6) is 0 Å². The summed E-state index contributed by atoms with van der Waals surface area (Å²) in [7, 11) is -0.0127. The highest BCUT2D eigenvalue weighted by Crippen LogP contribution is 2.12. The number of morpholine rings is 2. The van der Waals surface area contributed by atoms with Gasteiger partial charge in [-0.2, -0.15) is 0 Å². The molecule has 0 aromatic carbocycles. The second-order valence-electron chi connectivity index (χ2n) is 6.34. The van der Waals surface area contributed by atoms with Gasteiger partial charge < -0.3 is 9.47 Å². The summed E-state index contributed by atoms with van der Waals surface area (Å²) in [5, 5.41) is 0. The molecule has 0 unspecified atom stereocenters. The van der Waals surface area contributed by atoms with Crippen molar-refractivity contribution < 1.29 is 9.47 Å². The number of hydrogen-bond donors (Lipinski definition) is 0. The van der Waals surface area contributed by atoms with Gasteiger partial charge in [-0.05, 0) is 13.8 Å². The van der Waals surface area contributed by atoms with Crippen LogP contribution in [0, 0.1) is 0 Å². The maximum atomic E-state index is 5.54. The summed E-state index contributed by atoms with van der Waals surface area (Å²) in [6.07, 6.45) is 0. The highest BCUT2D eigenvalue weighted by molar-refractivity contribution is 6.46. The summed E-state index contributed by atoms with van der Waals surface area (Å²) in [5.41, 5.74) is 4.04. The molecule has 122 valence electrons. The van der Waals surface area contributed by atoms with E-state index in [9.17, 15) is 0 Å². The Morgan fingerprint density at radius 3 is 1.95 bits per heavy atom. The van der Waals surface area contributed by atoms with Crippen molar-refractivity contribution in [2.24, 2.45) is 0 Å². The van der Waals surface area contributed by atoms with Crippen LogP contribution in [0.3, 0.4) is 0 Å². The number of hydrogen-bond acceptors (Lipinski definition) is 4. The minimum absolute atomic E-state index is 0.0504. The Morgan fingerprint density at radius 1 is 0.952 bits per heavy atom. The van der Waals surface area contributed by atoms with E-state index in [-0.39, 0.29) is 19.0 Å². The molecule has 2 saturated heterocycles. The Morgan fingerprint density at radius 2 is 1.48 bits per heavy atom. The van der Waals surface area contributed by atoms with Crippen molar-refractivity contribution in [1.82, 2.24) is 9.80 Å². The van der Waals surface area contributed by atoms with Crippen molar-refractivity contribution in [2.75, 3.05) is 52.6 Å². The molecule has 4 nitrogen and oxygen atoms in total. The quantitative estimate of drug-likeness (QED) is 0.486. The van der Waals surface area contributed by atoms with Crippen LogP contribution in [0.2, 0.25) is 12.1 Å². The van der Waals surface area contributed by atoms with Gasteiger partial charge in [0.25, 0.3) is 0 Å². The number of allylic oxidation sites excluding steroid dienone is 1. The molecule has 0 N–H and O–H groups in total. The lowest BCUT2D eigenvalue weighted by atomic mass is 10.4. The maximum Gasteiger partial charge on any atom is 0.0594 e. The summed E-state index contributed by atoms with van der Waals surface area (Å²) in [4.78, 5) is 5.40. The van der Waals surface area contributed by atoms with E-state index in [1.807, 2.05) is 0 Å². The first-order valence-corrected chi connectivity index (χ1v) is 12.2. The third-order valence-corrected chi connectivity index (χ3v) is 9.87. The molecule has 0 atom stereocenters. The second kappa shape index (κ2) is 9.92. The standard InChI is InChI=1S/C15H32N2O2Si2/c1-14(2)13-20-11-12-21-15(16-3-7-18-8-4-16)17-5-9-19-10-6-17/h13,15H,3-12,20-21H2,1-2H3. The van der Waals surface area contributed by atoms with Gasteiger partial charge >= 0.3 is 0 Å². The normalized spacial score (nSPS) is 22.8. The molecule has 0 bridgehead atoms. The molecule has 0 spiro atoms. The van der Waals surface area contributed by atoms with E-state index in [1.54, 1.807) is 0 Å². The van der Waals surface area contributed by atoms with Crippen LogP contribution in [-0.4, -0.2) is 87.2 Å². The highest BCUT2D eigenvalue weighted by Gasteiger charge is 2.27. The summed E-state index contributed by atoms with van der Waals surface area (Å²) in [6, 6.07) is 3.01. The van der Waals surface area contributed by atoms with Crippen LogP contribution in [-0.2, 0) is 9.47 Å². The molecule has 0 radical (unpaired) electrons. The monoisotopic (exact) mass is 328 g/mol. The van der Waals surface area contributed by atoms with Gasteiger partial charge in [0, 0.05) is 41.5 Å². The van der Waals surface area contributed by atoms with Gasteiger partial charge in [0.1, 0.15) is 0 Å². The van der Waals surface area contributed by atoms with Gasteiger partial charge in [0.2, 0.25) is 0 Å². The summed E-state index contributed by atoms with van der Waals surface area (Å²) in [5.74, 6) is 0.749. The van der Waals surface area contributed by atoms with Crippen LogP contribution in [0.1, 0.15) is 13.8 Å². The Hall–Kier alpha value is 0.0138. The fourth-order valence-electron chi connectivity index (χ4n) is 3.21. The van der Waals surface area contributed by atoms with Crippen molar-refractivity contribution in [3.8, 4) is 0 Å². The highest BCUT2D eigenvalue weighted by atomic mass is 28.2. The van der Waals surface area contributed by atoms with E-state index in [2.05, 4.69) is 29.3 Å². The lowest BCUT2D eigenvalue weighted by Gasteiger charge is -2.43. The molecule has 2 heterocycles. The molecule has 0 saturated carbocycles. The first kappa shape index (κ1) is 17.4. The van der Waals surface area contributed by atoms with Crippen molar-refractivity contribution >= 4 is 19.0 Å².